The van der Waals surface area contributed by atoms with Gasteiger partial charge in [-0.3, -0.25) is 4.79 Å². The number of nitrogens with one attached hydrogen (secondary N) is 2. The van der Waals surface area contributed by atoms with Crippen molar-refractivity contribution in [3.8, 4) is 0 Å². The molecular weight excluding hydrogens is 499 g/mol. The molecule has 0 unspecified atom stereocenters. The zero-order valence-corrected chi connectivity index (χ0v) is 19.3. The van der Waals surface area contributed by atoms with E-state index in [1.54, 1.807) is 24.3 Å². The third-order valence-electron chi connectivity index (χ3n) is 5.22. The van der Waals surface area contributed by atoms with Crippen molar-refractivity contribution in [2.24, 2.45) is 0 Å². The molecule has 1 aliphatic carbocycles. The Labute approximate surface area is 186 Å². The van der Waals surface area contributed by atoms with Gasteiger partial charge in [-0.15, -0.1) is 0 Å². The van der Waals surface area contributed by atoms with Gasteiger partial charge in [0.05, 0.1) is 4.90 Å². The van der Waals surface area contributed by atoms with Crippen LogP contribution in [0.1, 0.15) is 44.1 Å². The van der Waals surface area contributed by atoms with Crippen molar-refractivity contribution in [3.05, 3.63) is 63.7 Å². The molecule has 2 aromatic rings. The first-order valence-corrected chi connectivity index (χ1v) is 12.6. The van der Waals surface area contributed by atoms with Gasteiger partial charge >= 0.3 is 0 Å². The summed E-state index contributed by atoms with van der Waals surface area (Å²) in [4.78, 5) is 13.2. The zero-order chi connectivity index (χ0) is 20.7. The maximum atomic E-state index is 13.1. The van der Waals surface area contributed by atoms with Crippen LogP contribution in [0.15, 0.2) is 59.5 Å². The molecular formula is C22H27IN2O3S. The van der Waals surface area contributed by atoms with Crippen LogP contribution in [0, 0.1) is 3.57 Å². The Morgan fingerprint density at radius 1 is 0.966 bits per heavy atom. The van der Waals surface area contributed by atoms with E-state index >= 15 is 0 Å². The number of hydrogen-bond donors (Lipinski definition) is 2. The van der Waals surface area contributed by atoms with E-state index in [4.69, 9.17) is 0 Å². The zero-order valence-electron chi connectivity index (χ0n) is 16.3. The molecule has 5 nitrogen and oxygen atoms in total. The lowest BCUT2D eigenvalue weighted by Gasteiger charge is -2.23. The molecule has 0 aliphatic heterocycles. The predicted molar refractivity (Wildman–Crippen MR) is 123 cm³/mol. The second kappa shape index (κ2) is 10.5. The van der Waals surface area contributed by atoms with E-state index in [9.17, 15) is 13.2 Å². The number of carbonyl (C=O) groups is 1. The summed E-state index contributed by atoms with van der Waals surface area (Å²) in [5, 5.41) is 3.10. The predicted octanol–water partition coefficient (Wildman–Crippen LogP) is 4.02. The lowest BCUT2D eigenvalue weighted by Crippen LogP contribution is -2.50. The maximum Gasteiger partial charge on any atom is 0.241 e. The minimum Gasteiger partial charge on any atom is -0.352 e. The number of rotatable bonds is 7. The van der Waals surface area contributed by atoms with Crippen LogP contribution in [0.25, 0.3) is 0 Å². The van der Waals surface area contributed by atoms with Gasteiger partial charge in [0.2, 0.25) is 15.9 Å². The third kappa shape index (κ3) is 6.79. The molecule has 0 heterocycles. The standard InChI is InChI=1S/C22H27IN2O3S/c23-18-12-14-20(15-13-18)29(27,28)25-21(16-17-8-4-3-5-9-17)22(26)24-19-10-6-1-2-7-11-19/h3-5,8-9,12-15,19,21,25H,1-2,6-7,10-11,16H2,(H,24,26)/t21-/m1/s1. The van der Waals surface area contributed by atoms with Crippen LogP contribution in [-0.2, 0) is 21.2 Å². The fourth-order valence-electron chi connectivity index (χ4n) is 3.63. The Morgan fingerprint density at radius 3 is 2.21 bits per heavy atom. The lowest BCUT2D eigenvalue weighted by molar-refractivity contribution is -0.123. The fourth-order valence-corrected chi connectivity index (χ4v) is 5.19. The summed E-state index contributed by atoms with van der Waals surface area (Å²) < 4.78 is 29.4. The van der Waals surface area contributed by atoms with Crippen molar-refractivity contribution in [3.63, 3.8) is 0 Å². The minimum atomic E-state index is -3.80. The summed E-state index contributed by atoms with van der Waals surface area (Å²) in [6.07, 6.45) is 6.80. The Bertz CT molecular complexity index is 893. The average Bonchev–Trinajstić information content (AvgIpc) is 2.97. The molecule has 0 radical (unpaired) electrons. The lowest BCUT2D eigenvalue weighted by atomic mass is 10.0. The molecule has 1 amide bonds. The molecule has 0 aromatic heterocycles. The quantitative estimate of drug-likeness (QED) is 0.423. The number of carbonyl (C=O) groups excluding carboxylic acids is 1. The Kier molecular flexibility index (Phi) is 8.08. The Hall–Kier alpha value is -1.45. The topological polar surface area (TPSA) is 75.3 Å². The summed E-state index contributed by atoms with van der Waals surface area (Å²) in [5.41, 5.74) is 0.916. The molecule has 156 valence electrons. The van der Waals surface area contributed by atoms with Gasteiger partial charge in [-0.25, -0.2) is 8.42 Å². The van der Waals surface area contributed by atoms with E-state index < -0.39 is 16.1 Å². The molecule has 1 aliphatic rings. The first-order chi connectivity index (χ1) is 13.9. The summed E-state index contributed by atoms with van der Waals surface area (Å²) in [7, 11) is -3.80. The van der Waals surface area contributed by atoms with Crippen LogP contribution in [0.5, 0.6) is 0 Å². The first-order valence-electron chi connectivity index (χ1n) is 10.1. The van der Waals surface area contributed by atoms with E-state index in [-0.39, 0.29) is 16.8 Å². The fraction of sp³-hybridized carbons (Fsp3) is 0.409. The highest BCUT2D eigenvalue weighted by Gasteiger charge is 2.27. The molecule has 1 atom stereocenters. The van der Waals surface area contributed by atoms with Crippen molar-refractivity contribution in [2.75, 3.05) is 0 Å². The number of benzene rings is 2. The van der Waals surface area contributed by atoms with E-state index in [0.717, 1.165) is 34.8 Å². The molecule has 1 saturated carbocycles. The monoisotopic (exact) mass is 526 g/mol. The summed E-state index contributed by atoms with van der Waals surface area (Å²) in [6, 6.07) is 15.4. The molecule has 3 rings (SSSR count). The van der Waals surface area contributed by atoms with E-state index in [2.05, 4.69) is 32.6 Å². The summed E-state index contributed by atoms with van der Waals surface area (Å²) in [6.45, 7) is 0. The van der Waals surface area contributed by atoms with Gasteiger partial charge in [-0.1, -0.05) is 56.0 Å². The second-order valence-electron chi connectivity index (χ2n) is 7.51. The second-order valence-corrected chi connectivity index (χ2v) is 10.5. The smallest absolute Gasteiger partial charge is 0.241 e. The van der Waals surface area contributed by atoms with Crippen molar-refractivity contribution < 1.29 is 13.2 Å². The first kappa shape index (κ1) is 22.2. The molecule has 29 heavy (non-hydrogen) atoms. The molecule has 1 fully saturated rings. The Morgan fingerprint density at radius 2 is 1.59 bits per heavy atom. The number of hydrogen-bond acceptors (Lipinski definition) is 3. The highest BCUT2D eigenvalue weighted by atomic mass is 127. The van der Waals surface area contributed by atoms with Gasteiger partial charge in [0, 0.05) is 9.61 Å². The molecule has 0 spiro atoms. The molecule has 7 heteroatoms. The summed E-state index contributed by atoms with van der Waals surface area (Å²) in [5.74, 6) is -0.255. The van der Waals surface area contributed by atoms with E-state index in [0.29, 0.717) is 6.42 Å². The van der Waals surface area contributed by atoms with E-state index in [1.807, 2.05) is 30.3 Å². The average molecular weight is 526 g/mol. The SMILES string of the molecule is O=C(NC1CCCCCC1)[C@@H](Cc1ccccc1)NS(=O)(=O)c1ccc(I)cc1. The number of amides is 1. The van der Waals surface area contributed by atoms with Gasteiger partial charge in [0.1, 0.15) is 6.04 Å². The van der Waals surface area contributed by atoms with Crippen LogP contribution >= 0.6 is 22.6 Å². The molecule has 2 aromatic carbocycles. The van der Waals surface area contributed by atoms with Crippen LogP contribution in [0.2, 0.25) is 0 Å². The van der Waals surface area contributed by atoms with Gasteiger partial charge in [-0.05, 0) is 71.7 Å². The molecule has 2 N–H and O–H groups in total. The van der Waals surface area contributed by atoms with Gasteiger partial charge < -0.3 is 5.32 Å². The van der Waals surface area contributed by atoms with Crippen molar-refractivity contribution >= 4 is 38.5 Å². The van der Waals surface area contributed by atoms with Gasteiger partial charge in [0.15, 0.2) is 0 Å². The third-order valence-corrected chi connectivity index (χ3v) is 7.43. The van der Waals surface area contributed by atoms with E-state index in [1.165, 1.54) is 12.8 Å². The van der Waals surface area contributed by atoms with Crippen LogP contribution < -0.4 is 10.0 Å². The van der Waals surface area contributed by atoms with Crippen molar-refractivity contribution in [1.29, 1.82) is 0 Å². The summed E-state index contributed by atoms with van der Waals surface area (Å²) >= 11 is 2.13. The minimum absolute atomic E-state index is 0.117. The number of sulfonamides is 1. The van der Waals surface area contributed by atoms with Crippen LogP contribution in [0.3, 0.4) is 0 Å². The maximum absolute atomic E-state index is 13.1. The van der Waals surface area contributed by atoms with Gasteiger partial charge in [-0.2, -0.15) is 4.72 Å². The van der Waals surface area contributed by atoms with Crippen molar-refractivity contribution in [2.45, 2.75) is 61.9 Å². The number of halogens is 1. The van der Waals surface area contributed by atoms with Gasteiger partial charge in [0.25, 0.3) is 0 Å². The van der Waals surface area contributed by atoms with Crippen molar-refractivity contribution in [1.82, 2.24) is 10.0 Å². The largest absolute Gasteiger partial charge is 0.352 e. The Balaban J connectivity index is 1.78. The van der Waals surface area contributed by atoms with Crippen LogP contribution in [-0.4, -0.2) is 26.4 Å². The normalized spacial score (nSPS) is 16.7. The molecule has 0 bridgehead atoms. The molecule has 0 saturated heterocycles. The highest BCUT2D eigenvalue weighted by Crippen LogP contribution is 2.18. The van der Waals surface area contributed by atoms with Crippen LogP contribution in [0.4, 0.5) is 0 Å². The highest BCUT2D eigenvalue weighted by molar-refractivity contribution is 14.1.